The molecule has 1 saturated heterocycles. The van der Waals surface area contributed by atoms with Gasteiger partial charge in [0.1, 0.15) is 5.82 Å². The zero-order valence-corrected chi connectivity index (χ0v) is 11.3. The molecular formula is C14H15FN2O3. The summed E-state index contributed by atoms with van der Waals surface area (Å²) in [5.74, 6) is -1.72. The fraction of sp³-hybridized carbons (Fsp3) is 0.357. The molecule has 20 heavy (non-hydrogen) atoms. The molecule has 0 spiro atoms. The number of imide groups is 1. The lowest BCUT2D eigenvalue weighted by atomic mass is 9.97. The molecule has 0 bridgehead atoms. The molecule has 1 fully saturated rings. The molecule has 1 aromatic carbocycles. The molecule has 0 radical (unpaired) electrons. The molecule has 0 aliphatic carbocycles. The first-order valence-corrected chi connectivity index (χ1v) is 6.19. The number of hydrogen-bond donors (Lipinski definition) is 1. The third kappa shape index (κ3) is 2.75. The van der Waals surface area contributed by atoms with Crippen LogP contribution in [-0.2, 0) is 9.59 Å². The predicted molar refractivity (Wildman–Crippen MR) is 69.5 cm³/mol. The third-order valence-electron chi connectivity index (χ3n) is 3.41. The summed E-state index contributed by atoms with van der Waals surface area (Å²) in [5, 5.41) is 2.23. The van der Waals surface area contributed by atoms with E-state index in [9.17, 15) is 18.8 Å². The molecule has 0 atom stereocenters. The summed E-state index contributed by atoms with van der Waals surface area (Å²) in [7, 11) is 0. The lowest BCUT2D eigenvalue weighted by Crippen LogP contribution is -2.64. The van der Waals surface area contributed by atoms with E-state index in [0.717, 1.165) is 6.07 Å². The maximum absolute atomic E-state index is 13.1. The summed E-state index contributed by atoms with van der Waals surface area (Å²) in [6.45, 7) is 3.11. The fourth-order valence-electron chi connectivity index (χ4n) is 2.01. The Labute approximate surface area is 115 Å². The minimum absolute atomic E-state index is 0.0419. The molecule has 1 aliphatic rings. The van der Waals surface area contributed by atoms with Crippen LogP contribution in [0, 0.1) is 5.82 Å². The van der Waals surface area contributed by atoms with Gasteiger partial charge in [-0.3, -0.25) is 24.6 Å². The monoisotopic (exact) mass is 278 g/mol. The number of hydrogen-bond acceptors (Lipinski definition) is 4. The van der Waals surface area contributed by atoms with E-state index in [4.69, 9.17) is 0 Å². The Hall–Kier alpha value is -2.08. The van der Waals surface area contributed by atoms with E-state index in [1.807, 2.05) is 0 Å². The molecule has 1 heterocycles. The molecule has 5 nitrogen and oxygen atoms in total. The Morgan fingerprint density at radius 2 is 2.10 bits per heavy atom. The highest BCUT2D eigenvalue weighted by molar-refractivity contribution is 6.04. The van der Waals surface area contributed by atoms with E-state index in [-0.39, 0.29) is 24.4 Å². The Kier molecular flexibility index (Phi) is 3.67. The average molecular weight is 278 g/mol. The van der Waals surface area contributed by atoms with Crippen LogP contribution in [0.15, 0.2) is 24.3 Å². The summed E-state index contributed by atoms with van der Waals surface area (Å²) >= 11 is 0. The number of carbonyl (C=O) groups excluding carboxylic acids is 3. The van der Waals surface area contributed by atoms with E-state index in [0.29, 0.717) is 0 Å². The maximum atomic E-state index is 13.1. The second-order valence-corrected chi connectivity index (χ2v) is 5.23. The number of carbonyl (C=O) groups is 3. The van der Waals surface area contributed by atoms with Gasteiger partial charge in [-0.15, -0.1) is 0 Å². The SMILES string of the molecule is CC1(C)C(=O)NC(=O)CN1CC(=O)c1cccc(F)c1. The number of benzene rings is 1. The van der Waals surface area contributed by atoms with Crippen molar-refractivity contribution in [3.8, 4) is 0 Å². The van der Waals surface area contributed by atoms with Crippen LogP contribution in [0.5, 0.6) is 0 Å². The number of nitrogens with zero attached hydrogens (tertiary/aromatic N) is 1. The van der Waals surface area contributed by atoms with Gasteiger partial charge in [0.05, 0.1) is 18.6 Å². The zero-order chi connectivity index (χ0) is 14.9. The van der Waals surface area contributed by atoms with Gasteiger partial charge in [0, 0.05) is 5.56 Å². The highest BCUT2D eigenvalue weighted by Gasteiger charge is 2.41. The van der Waals surface area contributed by atoms with Crippen LogP contribution in [0.1, 0.15) is 24.2 Å². The summed E-state index contributed by atoms with van der Waals surface area (Å²) in [6.07, 6.45) is 0. The molecular weight excluding hydrogens is 263 g/mol. The van der Waals surface area contributed by atoms with Crippen LogP contribution >= 0.6 is 0 Å². The molecule has 6 heteroatoms. The number of piperazine rings is 1. The lowest BCUT2D eigenvalue weighted by molar-refractivity contribution is -0.144. The minimum Gasteiger partial charge on any atom is -0.294 e. The van der Waals surface area contributed by atoms with E-state index < -0.39 is 23.2 Å². The Morgan fingerprint density at radius 1 is 1.40 bits per heavy atom. The smallest absolute Gasteiger partial charge is 0.246 e. The summed E-state index contributed by atoms with van der Waals surface area (Å²) in [5.41, 5.74) is -0.740. The van der Waals surface area contributed by atoms with E-state index >= 15 is 0 Å². The lowest BCUT2D eigenvalue weighted by Gasteiger charge is -2.39. The van der Waals surface area contributed by atoms with E-state index in [1.165, 1.54) is 23.1 Å². The first kappa shape index (κ1) is 14.3. The van der Waals surface area contributed by atoms with Crippen molar-refractivity contribution in [3.63, 3.8) is 0 Å². The molecule has 0 aromatic heterocycles. The number of ketones is 1. The summed E-state index contributed by atoms with van der Waals surface area (Å²) in [6, 6.07) is 5.34. The topological polar surface area (TPSA) is 66.5 Å². The van der Waals surface area contributed by atoms with Gasteiger partial charge in [0.15, 0.2) is 5.78 Å². The average Bonchev–Trinajstić information content (AvgIpc) is 2.36. The van der Waals surface area contributed by atoms with Crippen LogP contribution in [0.25, 0.3) is 0 Å². The highest BCUT2D eigenvalue weighted by atomic mass is 19.1. The second kappa shape index (κ2) is 5.13. The van der Waals surface area contributed by atoms with E-state index in [2.05, 4.69) is 5.32 Å². The number of Topliss-reactive ketones (excluding diaryl/α,β-unsaturated/α-hetero) is 1. The van der Waals surface area contributed by atoms with Crippen LogP contribution < -0.4 is 5.32 Å². The van der Waals surface area contributed by atoms with Crippen LogP contribution in [0.2, 0.25) is 0 Å². The van der Waals surface area contributed by atoms with Gasteiger partial charge in [-0.25, -0.2) is 4.39 Å². The van der Waals surface area contributed by atoms with Crippen LogP contribution in [0.4, 0.5) is 4.39 Å². The first-order chi connectivity index (χ1) is 9.30. The molecule has 1 aliphatic heterocycles. The number of amides is 2. The molecule has 2 amide bonds. The van der Waals surface area contributed by atoms with Gasteiger partial charge in [-0.1, -0.05) is 12.1 Å². The Morgan fingerprint density at radius 3 is 2.75 bits per heavy atom. The molecule has 2 rings (SSSR count). The van der Waals surface area contributed by atoms with Crippen molar-refractivity contribution in [3.05, 3.63) is 35.6 Å². The maximum Gasteiger partial charge on any atom is 0.246 e. The Balaban J connectivity index is 2.18. The van der Waals surface area contributed by atoms with Crippen LogP contribution in [-0.4, -0.2) is 41.1 Å². The number of nitrogens with one attached hydrogen (secondary N) is 1. The van der Waals surface area contributed by atoms with Gasteiger partial charge < -0.3 is 0 Å². The normalized spacial score (nSPS) is 18.8. The van der Waals surface area contributed by atoms with E-state index in [1.54, 1.807) is 13.8 Å². The number of rotatable bonds is 3. The molecule has 106 valence electrons. The van der Waals surface area contributed by atoms with Crippen LogP contribution in [0.3, 0.4) is 0 Å². The summed E-state index contributed by atoms with van der Waals surface area (Å²) < 4.78 is 13.1. The van der Waals surface area contributed by atoms with Gasteiger partial charge in [0.2, 0.25) is 11.8 Å². The van der Waals surface area contributed by atoms with Crippen molar-refractivity contribution in [2.45, 2.75) is 19.4 Å². The van der Waals surface area contributed by atoms with Crippen molar-refractivity contribution >= 4 is 17.6 Å². The second-order valence-electron chi connectivity index (χ2n) is 5.23. The van der Waals surface area contributed by atoms with Gasteiger partial charge in [-0.05, 0) is 26.0 Å². The largest absolute Gasteiger partial charge is 0.294 e. The van der Waals surface area contributed by atoms with Gasteiger partial charge >= 0.3 is 0 Å². The molecule has 0 unspecified atom stereocenters. The zero-order valence-electron chi connectivity index (χ0n) is 11.3. The summed E-state index contributed by atoms with van der Waals surface area (Å²) in [4.78, 5) is 36.8. The van der Waals surface area contributed by atoms with Gasteiger partial charge in [0.25, 0.3) is 0 Å². The van der Waals surface area contributed by atoms with Crippen molar-refractivity contribution < 1.29 is 18.8 Å². The quantitative estimate of drug-likeness (QED) is 0.654. The van der Waals surface area contributed by atoms with Crippen molar-refractivity contribution in [2.24, 2.45) is 0 Å². The highest BCUT2D eigenvalue weighted by Crippen LogP contribution is 2.18. The van der Waals surface area contributed by atoms with Gasteiger partial charge in [-0.2, -0.15) is 0 Å². The molecule has 1 N–H and O–H groups in total. The van der Waals surface area contributed by atoms with Crippen molar-refractivity contribution in [1.82, 2.24) is 10.2 Å². The molecule has 0 saturated carbocycles. The van der Waals surface area contributed by atoms with Crippen molar-refractivity contribution in [1.29, 1.82) is 0 Å². The first-order valence-electron chi connectivity index (χ1n) is 6.19. The van der Waals surface area contributed by atoms with Crippen molar-refractivity contribution in [2.75, 3.05) is 13.1 Å². The molecule has 1 aromatic rings. The fourth-order valence-corrected chi connectivity index (χ4v) is 2.01. The predicted octanol–water partition coefficient (Wildman–Crippen LogP) is 0.745. The minimum atomic E-state index is -0.961. The standard InChI is InChI=1S/C14H15FN2O3/c1-14(2)13(20)16-12(19)8-17(14)7-11(18)9-4-3-5-10(15)6-9/h3-6H,7-8H2,1-2H3,(H,16,19,20). The third-order valence-corrected chi connectivity index (χ3v) is 3.41. The number of halogens is 1. The Bertz CT molecular complexity index is 584.